The predicted molar refractivity (Wildman–Crippen MR) is 133 cm³/mol. The van der Waals surface area contributed by atoms with Gasteiger partial charge in [0.15, 0.2) is 0 Å². The largest absolute Gasteiger partial charge is 0.382 e. The number of nitrogen functional groups attached to an aromatic ring is 2. The predicted octanol–water partition coefficient (Wildman–Crippen LogP) is 3.13. The first kappa shape index (κ1) is 22.9. The van der Waals surface area contributed by atoms with Crippen LogP contribution in [0.3, 0.4) is 0 Å². The van der Waals surface area contributed by atoms with Crippen molar-refractivity contribution in [3.8, 4) is 0 Å². The Kier molecular flexibility index (Phi) is 5.70. The Hall–Kier alpha value is -2.82. The zero-order valence-corrected chi connectivity index (χ0v) is 20.2. The Morgan fingerprint density at radius 3 is 2.68 bits per heavy atom. The van der Waals surface area contributed by atoms with Gasteiger partial charge in [-0.15, -0.1) is 0 Å². The van der Waals surface area contributed by atoms with Gasteiger partial charge in [-0.3, -0.25) is 9.36 Å². The Balaban J connectivity index is 1.38. The van der Waals surface area contributed by atoms with Gasteiger partial charge in [-0.25, -0.2) is 9.37 Å². The minimum Gasteiger partial charge on any atom is -0.382 e. The molecule has 1 atom stereocenters. The third kappa shape index (κ3) is 3.70. The molecule has 2 aromatic heterocycles. The molecule has 1 aromatic carbocycles. The Morgan fingerprint density at radius 2 is 1.94 bits per heavy atom. The molecule has 3 aromatic rings. The lowest BCUT2D eigenvalue weighted by atomic mass is 9.73. The second-order valence-corrected chi connectivity index (χ2v) is 10.4. The molecular formula is C23H25ClFN7OS. The van der Waals surface area contributed by atoms with Gasteiger partial charge in [-0.1, -0.05) is 29.4 Å². The number of anilines is 3. The summed E-state index contributed by atoms with van der Waals surface area (Å²) < 4.78 is 15.3. The van der Waals surface area contributed by atoms with E-state index in [9.17, 15) is 9.18 Å². The standard InChI is InChI=1S/C23H25ClFN7OS/c1-31-21(33)17(34-15-4-7-29-19(27)16(15)24)20(28)30-22(31)32-8-5-23(6-9-32)11-12-2-3-13(25)10-14(12)18(23)26/h2-4,7,10,18H,5-6,8-9,11,26,28H2,1H3,(H2,27,29)/t18-/m1/s1. The molecule has 178 valence electrons. The number of fused-ring (bicyclic) bond motifs is 1. The second kappa shape index (κ2) is 8.44. The summed E-state index contributed by atoms with van der Waals surface area (Å²) in [5.74, 6) is 0.573. The van der Waals surface area contributed by atoms with E-state index < -0.39 is 0 Å². The van der Waals surface area contributed by atoms with E-state index >= 15 is 0 Å². The van der Waals surface area contributed by atoms with E-state index in [4.69, 9.17) is 28.8 Å². The maximum absolute atomic E-state index is 13.8. The fourth-order valence-electron chi connectivity index (χ4n) is 5.07. The summed E-state index contributed by atoms with van der Waals surface area (Å²) in [6.45, 7) is 1.34. The molecule has 0 saturated carbocycles. The van der Waals surface area contributed by atoms with Crippen LogP contribution in [0.5, 0.6) is 0 Å². The molecule has 0 unspecified atom stereocenters. The van der Waals surface area contributed by atoms with Crippen LogP contribution >= 0.6 is 23.4 Å². The van der Waals surface area contributed by atoms with Crippen molar-refractivity contribution in [2.45, 2.75) is 35.1 Å². The monoisotopic (exact) mass is 501 g/mol. The number of benzene rings is 1. The summed E-state index contributed by atoms with van der Waals surface area (Å²) in [4.78, 5) is 24.6. The van der Waals surface area contributed by atoms with E-state index in [1.54, 1.807) is 19.2 Å². The van der Waals surface area contributed by atoms with Gasteiger partial charge in [0.05, 0.1) is 5.02 Å². The van der Waals surface area contributed by atoms with Crippen molar-refractivity contribution >= 4 is 40.9 Å². The van der Waals surface area contributed by atoms with E-state index in [0.717, 1.165) is 42.2 Å². The topological polar surface area (TPSA) is 129 Å². The van der Waals surface area contributed by atoms with Crippen LogP contribution in [-0.2, 0) is 13.5 Å². The first-order valence-corrected chi connectivity index (χ1v) is 12.1. The number of halogens is 2. The first-order valence-electron chi connectivity index (χ1n) is 10.9. The molecule has 1 saturated heterocycles. The molecule has 1 spiro atoms. The van der Waals surface area contributed by atoms with Crippen molar-refractivity contribution in [1.82, 2.24) is 14.5 Å². The quantitative estimate of drug-likeness (QED) is 0.499. The molecule has 34 heavy (non-hydrogen) atoms. The summed E-state index contributed by atoms with van der Waals surface area (Å²) in [5.41, 5.74) is 20.2. The van der Waals surface area contributed by atoms with E-state index in [2.05, 4.69) is 14.9 Å². The van der Waals surface area contributed by atoms with Crippen molar-refractivity contribution in [2.24, 2.45) is 18.2 Å². The number of hydrogen-bond donors (Lipinski definition) is 3. The van der Waals surface area contributed by atoms with Gasteiger partial charge in [0.1, 0.15) is 22.3 Å². The third-order valence-corrected chi connectivity index (χ3v) is 8.69. The molecule has 8 nitrogen and oxygen atoms in total. The molecule has 1 aliphatic carbocycles. The van der Waals surface area contributed by atoms with Crippen LogP contribution in [0.2, 0.25) is 5.02 Å². The van der Waals surface area contributed by atoms with Crippen molar-refractivity contribution in [3.63, 3.8) is 0 Å². The lowest BCUT2D eigenvalue weighted by molar-refractivity contribution is 0.186. The molecule has 1 fully saturated rings. The van der Waals surface area contributed by atoms with Gasteiger partial charge in [-0.2, -0.15) is 4.98 Å². The molecule has 2 aliphatic rings. The number of nitrogens with two attached hydrogens (primary N) is 3. The molecule has 0 amide bonds. The average Bonchev–Trinajstić information content (AvgIpc) is 3.08. The normalized spacial score (nSPS) is 18.9. The van der Waals surface area contributed by atoms with Crippen LogP contribution in [0.4, 0.5) is 22.0 Å². The molecular weight excluding hydrogens is 477 g/mol. The summed E-state index contributed by atoms with van der Waals surface area (Å²) in [6, 6.07) is 6.37. The van der Waals surface area contributed by atoms with E-state index in [1.165, 1.54) is 16.8 Å². The maximum atomic E-state index is 13.8. The molecule has 5 rings (SSSR count). The number of hydrogen-bond acceptors (Lipinski definition) is 8. The van der Waals surface area contributed by atoms with Crippen molar-refractivity contribution in [3.05, 3.63) is 62.8 Å². The van der Waals surface area contributed by atoms with Gasteiger partial charge >= 0.3 is 0 Å². The van der Waals surface area contributed by atoms with Crippen molar-refractivity contribution in [1.29, 1.82) is 0 Å². The second-order valence-electron chi connectivity index (χ2n) is 8.95. The lowest BCUT2D eigenvalue weighted by Gasteiger charge is -2.42. The van der Waals surface area contributed by atoms with Crippen molar-refractivity contribution < 1.29 is 4.39 Å². The van der Waals surface area contributed by atoms with Crippen LogP contribution in [0.15, 0.2) is 45.0 Å². The fraction of sp³-hybridized carbons (Fsp3) is 0.348. The molecule has 0 radical (unpaired) electrons. The summed E-state index contributed by atoms with van der Waals surface area (Å²) in [5, 5.41) is 0.271. The van der Waals surface area contributed by atoms with Crippen molar-refractivity contribution in [2.75, 3.05) is 29.5 Å². The molecule has 3 heterocycles. The highest BCUT2D eigenvalue weighted by molar-refractivity contribution is 7.99. The Labute approximate surface area is 205 Å². The smallest absolute Gasteiger partial charge is 0.270 e. The van der Waals surface area contributed by atoms with E-state index in [-0.39, 0.29) is 44.4 Å². The van der Waals surface area contributed by atoms with Gasteiger partial charge in [0.2, 0.25) is 5.95 Å². The minimum atomic E-state index is -0.264. The van der Waals surface area contributed by atoms with Gasteiger partial charge < -0.3 is 22.1 Å². The number of nitrogens with zero attached hydrogens (tertiary/aromatic N) is 4. The highest BCUT2D eigenvalue weighted by Gasteiger charge is 2.46. The first-order chi connectivity index (χ1) is 16.2. The number of rotatable bonds is 3. The van der Waals surface area contributed by atoms with Crippen LogP contribution in [-0.4, -0.2) is 27.6 Å². The van der Waals surface area contributed by atoms with Crippen LogP contribution in [0.1, 0.15) is 30.0 Å². The van der Waals surface area contributed by atoms with Gasteiger partial charge in [0, 0.05) is 37.3 Å². The van der Waals surface area contributed by atoms with Gasteiger partial charge in [0.25, 0.3) is 5.56 Å². The number of aromatic nitrogens is 3. The van der Waals surface area contributed by atoms with E-state index in [0.29, 0.717) is 23.9 Å². The Morgan fingerprint density at radius 1 is 1.21 bits per heavy atom. The fourth-order valence-corrected chi connectivity index (χ4v) is 6.22. The number of piperidine rings is 1. The van der Waals surface area contributed by atoms with Crippen LogP contribution in [0.25, 0.3) is 0 Å². The number of pyridine rings is 1. The van der Waals surface area contributed by atoms with E-state index in [1.807, 2.05) is 6.07 Å². The lowest BCUT2D eigenvalue weighted by Crippen LogP contribution is -2.46. The summed E-state index contributed by atoms with van der Waals surface area (Å²) >= 11 is 7.36. The molecule has 0 bridgehead atoms. The Bertz CT molecular complexity index is 1340. The van der Waals surface area contributed by atoms with Crippen LogP contribution < -0.4 is 27.7 Å². The zero-order chi connectivity index (χ0) is 24.2. The molecule has 6 N–H and O–H groups in total. The third-order valence-electron chi connectivity index (χ3n) is 7.03. The SMILES string of the molecule is Cn1c(N2CCC3(CC2)Cc2ccc(F)cc2[C@H]3N)nc(N)c(Sc2ccnc(N)c2Cl)c1=O. The average molecular weight is 502 g/mol. The van der Waals surface area contributed by atoms with Crippen LogP contribution in [0, 0.1) is 11.2 Å². The summed E-state index contributed by atoms with van der Waals surface area (Å²) in [6.07, 6.45) is 3.97. The minimum absolute atomic E-state index is 0.120. The maximum Gasteiger partial charge on any atom is 0.270 e. The molecule has 1 aliphatic heterocycles. The summed E-state index contributed by atoms with van der Waals surface area (Å²) in [7, 11) is 1.68. The van der Waals surface area contributed by atoms with Gasteiger partial charge in [-0.05, 0) is 54.0 Å². The highest BCUT2D eigenvalue weighted by atomic mass is 35.5. The highest BCUT2D eigenvalue weighted by Crippen LogP contribution is 2.51. The molecule has 11 heteroatoms. The zero-order valence-electron chi connectivity index (χ0n) is 18.6.